The number of halogens is 2. The first-order valence-electron chi connectivity index (χ1n) is 5.01. The molecule has 0 saturated heterocycles. The highest BCUT2D eigenvalue weighted by Gasteiger charge is 2.26. The molecule has 0 spiro atoms. The largest absolute Gasteiger partial charge is 0.481 e. The van der Waals surface area contributed by atoms with Gasteiger partial charge >= 0.3 is 5.97 Å². The molecular formula is C11H13F2NO3. The number of aryl methyl sites for hydroxylation is 1. The van der Waals surface area contributed by atoms with Gasteiger partial charge in [-0.05, 0) is 19.4 Å². The first kappa shape index (κ1) is 13.3. The van der Waals surface area contributed by atoms with Crippen LogP contribution in [0.1, 0.15) is 34.8 Å². The molecule has 0 atom stereocenters. The molecule has 0 N–H and O–H groups in total. The van der Waals surface area contributed by atoms with Crippen molar-refractivity contribution in [1.82, 2.24) is 4.98 Å². The van der Waals surface area contributed by atoms with E-state index in [1.54, 1.807) is 6.92 Å². The predicted octanol–water partition coefficient (Wildman–Crippen LogP) is 2.51. The van der Waals surface area contributed by atoms with Crippen molar-refractivity contribution in [1.29, 1.82) is 0 Å². The third-order valence-corrected chi connectivity index (χ3v) is 2.16. The third kappa shape index (κ3) is 2.69. The van der Waals surface area contributed by atoms with E-state index in [0.29, 0.717) is 5.56 Å². The molecule has 1 aromatic heterocycles. The van der Waals surface area contributed by atoms with Gasteiger partial charge in [0.05, 0.1) is 24.8 Å². The molecule has 0 aliphatic carbocycles. The first-order valence-corrected chi connectivity index (χ1v) is 5.01. The van der Waals surface area contributed by atoms with Gasteiger partial charge in [-0.15, -0.1) is 0 Å². The second-order valence-electron chi connectivity index (χ2n) is 3.26. The molecule has 0 aromatic carbocycles. The van der Waals surface area contributed by atoms with Crippen LogP contribution in [0.2, 0.25) is 0 Å². The Morgan fingerprint density at radius 2 is 2.18 bits per heavy atom. The molecule has 17 heavy (non-hydrogen) atoms. The number of hydrogen-bond donors (Lipinski definition) is 0. The van der Waals surface area contributed by atoms with Crippen molar-refractivity contribution in [2.75, 3.05) is 13.7 Å². The molecule has 1 aromatic rings. The zero-order valence-corrected chi connectivity index (χ0v) is 9.79. The molecule has 0 amide bonds. The van der Waals surface area contributed by atoms with Crippen LogP contribution < -0.4 is 4.74 Å². The number of nitrogens with zero attached hydrogens (tertiary/aromatic N) is 1. The van der Waals surface area contributed by atoms with Gasteiger partial charge in [-0.25, -0.2) is 18.6 Å². The molecule has 1 rings (SSSR count). The molecular weight excluding hydrogens is 232 g/mol. The van der Waals surface area contributed by atoms with E-state index < -0.39 is 18.0 Å². The topological polar surface area (TPSA) is 48.4 Å². The Hall–Kier alpha value is -1.72. The maximum absolute atomic E-state index is 12.9. The molecule has 0 bridgehead atoms. The third-order valence-electron chi connectivity index (χ3n) is 2.16. The minimum absolute atomic E-state index is 0.117. The van der Waals surface area contributed by atoms with E-state index in [4.69, 9.17) is 9.47 Å². The second kappa shape index (κ2) is 5.56. The van der Waals surface area contributed by atoms with E-state index in [-0.39, 0.29) is 18.1 Å². The van der Waals surface area contributed by atoms with Crippen LogP contribution in [0.15, 0.2) is 6.20 Å². The quantitative estimate of drug-likeness (QED) is 0.765. The molecule has 1 heterocycles. The lowest BCUT2D eigenvalue weighted by Crippen LogP contribution is -2.13. The average molecular weight is 245 g/mol. The van der Waals surface area contributed by atoms with Crippen molar-refractivity contribution in [2.45, 2.75) is 20.3 Å². The second-order valence-corrected chi connectivity index (χ2v) is 3.26. The summed E-state index contributed by atoms with van der Waals surface area (Å²) in [5, 5.41) is 0. The number of esters is 1. The monoisotopic (exact) mass is 245 g/mol. The Morgan fingerprint density at radius 1 is 1.53 bits per heavy atom. The van der Waals surface area contributed by atoms with Crippen LogP contribution in [0, 0.1) is 6.92 Å². The van der Waals surface area contributed by atoms with Gasteiger partial charge in [0.25, 0.3) is 6.43 Å². The smallest absolute Gasteiger partial charge is 0.339 e. The number of rotatable bonds is 4. The van der Waals surface area contributed by atoms with Gasteiger partial charge in [0, 0.05) is 6.20 Å². The van der Waals surface area contributed by atoms with E-state index in [9.17, 15) is 13.6 Å². The normalized spacial score (nSPS) is 10.5. The minimum Gasteiger partial charge on any atom is -0.481 e. The molecule has 0 fully saturated rings. The summed E-state index contributed by atoms with van der Waals surface area (Å²) < 4.78 is 35.3. The van der Waals surface area contributed by atoms with Crippen LogP contribution in [-0.4, -0.2) is 24.7 Å². The molecule has 6 heteroatoms. The lowest BCUT2D eigenvalue weighted by atomic mass is 10.1. The van der Waals surface area contributed by atoms with E-state index in [1.165, 1.54) is 20.2 Å². The van der Waals surface area contributed by atoms with E-state index in [2.05, 4.69) is 4.98 Å². The SMILES string of the molecule is CCOC(=O)c1c(C)cnc(OC)c1C(F)F. The van der Waals surface area contributed by atoms with Crippen LogP contribution in [0.4, 0.5) is 8.78 Å². The predicted molar refractivity (Wildman–Crippen MR) is 56.4 cm³/mol. The van der Waals surface area contributed by atoms with Crippen molar-refractivity contribution in [3.8, 4) is 5.88 Å². The van der Waals surface area contributed by atoms with Gasteiger partial charge in [0.2, 0.25) is 5.88 Å². The molecule has 0 aliphatic rings. The van der Waals surface area contributed by atoms with Crippen LogP contribution in [0.25, 0.3) is 0 Å². The van der Waals surface area contributed by atoms with Gasteiger partial charge in [-0.3, -0.25) is 0 Å². The fourth-order valence-corrected chi connectivity index (χ4v) is 1.45. The van der Waals surface area contributed by atoms with Crippen molar-refractivity contribution < 1.29 is 23.0 Å². The van der Waals surface area contributed by atoms with Crippen LogP contribution in [0.5, 0.6) is 5.88 Å². The maximum atomic E-state index is 12.9. The minimum atomic E-state index is -2.85. The number of carbonyl (C=O) groups is 1. The Morgan fingerprint density at radius 3 is 2.65 bits per heavy atom. The fraction of sp³-hybridized carbons (Fsp3) is 0.455. The van der Waals surface area contributed by atoms with Crippen molar-refractivity contribution in [3.05, 3.63) is 22.9 Å². The summed E-state index contributed by atoms with van der Waals surface area (Å²) in [6, 6.07) is 0. The number of carbonyl (C=O) groups excluding carboxylic acids is 1. The summed E-state index contributed by atoms with van der Waals surface area (Å²) >= 11 is 0. The lowest BCUT2D eigenvalue weighted by molar-refractivity contribution is 0.0512. The number of pyridine rings is 1. The molecule has 0 radical (unpaired) electrons. The Kier molecular flexibility index (Phi) is 4.37. The molecule has 0 unspecified atom stereocenters. The van der Waals surface area contributed by atoms with E-state index in [1.807, 2.05) is 0 Å². The molecule has 4 nitrogen and oxygen atoms in total. The highest BCUT2D eigenvalue weighted by molar-refractivity contribution is 5.93. The number of hydrogen-bond acceptors (Lipinski definition) is 4. The Balaban J connectivity index is 3.38. The summed E-state index contributed by atoms with van der Waals surface area (Å²) in [6.45, 7) is 3.24. The number of alkyl halides is 2. The van der Waals surface area contributed by atoms with Crippen molar-refractivity contribution in [3.63, 3.8) is 0 Å². The van der Waals surface area contributed by atoms with Crippen molar-refractivity contribution >= 4 is 5.97 Å². The fourth-order valence-electron chi connectivity index (χ4n) is 1.45. The molecule has 0 saturated carbocycles. The van der Waals surface area contributed by atoms with Gasteiger partial charge in [-0.1, -0.05) is 0 Å². The summed E-state index contributed by atoms with van der Waals surface area (Å²) in [4.78, 5) is 15.3. The number of methoxy groups -OCH3 is 1. The number of aromatic nitrogens is 1. The first-order chi connectivity index (χ1) is 8.02. The highest BCUT2D eigenvalue weighted by atomic mass is 19.3. The summed E-state index contributed by atoms with van der Waals surface area (Å²) in [7, 11) is 1.22. The van der Waals surface area contributed by atoms with Crippen molar-refractivity contribution in [2.24, 2.45) is 0 Å². The van der Waals surface area contributed by atoms with E-state index in [0.717, 1.165) is 0 Å². The van der Waals surface area contributed by atoms with Crippen LogP contribution in [0.3, 0.4) is 0 Å². The van der Waals surface area contributed by atoms with Gasteiger partial charge in [-0.2, -0.15) is 0 Å². The molecule has 94 valence electrons. The van der Waals surface area contributed by atoms with E-state index >= 15 is 0 Å². The van der Waals surface area contributed by atoms with Crippen LogP contribution in [-0.2, 0) is 4.74 Å². The summed E-state index contributed by atoms with van der Waals surface area (Å²) in [6.07, 6.45) is -1.55. The standard InChI is InChI=1S/C11H13F2NO3/c1-4-17-11(15)7-6(2)5-14-10(16-3)8(7)9(12)13/h5,9H,4H2,1-3H3. The average Bonchev–Trinajstić information content (AvgIpc) is 2.28. The Labute approximate surface area is 97.6 Å². The Bertz CT molecular complexity index is 421. The van der Waals surface area contributed by atoms with Gasteiger partial charge < -0.3 is 9.47 Å². The van der Waals surface area contributed by atoms with Crippen LogP contribution >= 0.6 is 0 Å². The zero-order valence-electron chi connectivity index (χ0n) is 9.79. The highest BCUT2D eigenvalue weighted by Crippen LogP contribution is 2.32. The number of ether oxygens (including phenoxy) is 2. The molecule has 0 aliphatic heterocycles. The summed E-state index contributed by atoms with van der Waals surface area (Å²) in [5.41, 5.74) is -0.362. The summed E-state index contributed by atoms with van der Waals surface area (Å²) in [5.74, 6) is -1.05. The van der Waals surface area contributed by atoms with Gasteiger partial charge in [0.15, 0.2) is 0 Å². The maximum Gasteiger partial charge on any atom is 0.339 e. The lowest BCUT2D eigenvalue weighted by Gasteiger charge is -2.13. The zero-order chi connectivity index (χ0) is 13.0. The van der Waals surface area contributed by atoms with Gasteiger partial charge in [0.1, 0.15) is 0 Å².